The molecule has 2 fully saturated rings. The molecular formula is C30H49NO2Si. The van der Waals surface area contributed by atoms with E-state index in [9.17, 15) is 0 Å². The molecule has 0 saturated heterocycles. The van der Waals surface area contributed by atoms with Crippen LogP contribution in [-0.2, 0) is 11.2 Å². The van der Waals surface area contributed by atoms with Crippen LogP contribution in [0.3, 0.4) is 0 Å². The van der Waals surface area contributed by atoms with Gasteiger partial charge in [-0.3, -0.25) is 0 Å². The van der Waals surface area contributed by atoms with E-state index in [1.54, 1.807) is 16.7 Å². The van der Waals surface area contributed by atoms with Crippen molar-refractivity contribution in [2.75, 3.05) is 33.9 Å². The second-order valence-corrected chi connectivity index (χ2v) is 18.0. The second kappa shape index (κ2) is 9.75. The lowest BCUT2D eigenvalue weighted by Crippen LogP contribution is -2.44. The van der Waals surface area contributed by atoms with E-state index in [1.165, 1.54) is 38.5 Å². The number of rotatable bonds is 7. The van der Waals surface area contributed by atoms with E-state index in [-0.39, 0.29) is 5.04 Å². The minimum atomic E-state index is -1.80. The lowest BCUT2D eigenvalue weighted by molar-refractivity contribution is 0.0801. The molecule has 4 unspecified atom stereocenters. The van der Waals surface area contributed by atoms with Gasteiger partial charge in [-0.1, -0.05) is 45.4 Å². The largest absolute Gasteiger partial charge is 0.543 e. The Bertz CT molecular complexity index is 900. The van der Waals surface area contributed by atoms with Gasteiger partial charge in [0, 0.05) is 6.54 Å². The molecule has 0 heterocycles. The minimum Gasteiger partial charge on any atom is -0.543 e. The van der Waals surface area contributed by atoms with E-state index in [0.29, 0.717) is 5.41 Å². The Morgan fingerprint density at radius 3 is 2.59 bits per heavy atom. The number of allylic oxidation sites excluding steroid dienone is 1. The lowest BCUT2D eigenvalue weighted by Gasteiger charge is -2.49. The van der Waals surface area contributed by atoms with Crippen molar-refractivity contribution >= 4 is 8.32 Å². The third kappa shape index (κ3) is 5.06. The van der Waals surface area contributed by atoms with E-state index in [4.69, 9.17) is 9.16 Å². The summed E-state index contributed by atoms with van der Waals surface area (Å²) >= 11 is 0. The average Bonchev–Trinajstić information content (AvgIpc) is 3.08. The van der Waals surface area contributed by atoms with Crippen LogP contribution in [0.5, 0.6) is 5.75 Å². The maximum absolute atomic E-state index is 6.65. The summed E-state index contributed by atoms with van der Waals surface area (Å²) in [5, 5.41) is 0.229. The first-order chi connectivity index (χ1) is 15.9. The van der Waals surface area contributed by atoms with Crippen LogP contribution in [0, 0.1) is 17.3 Å². The molecule has 0 N–H and O–H groups in total. The van der Waals surface area contributed by atoms with Crippen LogP contribution in [0.15, 0.2) is 29.8 Å². The van der Waals surface area contributed by atoms with E-state index in [2.05, 4.69) is 84.1 Å². The number of fused-ring (bicyclic) bond motifs is 5. The summed E-state index contributed by atoms with van der Waals surface area (Å²) in [4.78, 5) is 2.19. The molecule has 190 valence electrons. The van der Waals surface area contributed by atoms with Gasteiger partial charge in [0.15, 0.2) is 0 Å². The number of hydrogen-bond donors (Lipinski definition) is 0. The molecule has 1 aromatic carbocycles. The molecule has 3 nitrogen and oxygen atoms in total. The van der Waals surface area contributed by atoms with E-state index >= 15 is 0 Å². The molecule has 34 heavy (non-hydrogen) atoms. The van der Waals surface area contributed by atoms with Gasteiger partial charge in [0.25, 0.3) is 0 Å². The average molecular weight is 484 g/mol. The Kier molecular flexibility index (Phi) is 7.44. The van der Waals surface area contributed by atoms with Gasteiger partial charge in [-0.05, 0) is 117 Å². The van der Waals surface area contributed by atoms with Gasteiger partial charge in [-0.25, -0.2) is 0 Å². The van der Waals surface area contributed by atoms with E-state index in [1.807, 2.05) is 0 Å². The third-order valence-electron chi connectivity index (χ3n) is 9.86. The fourth-order valence-corrected chi connectivity index (χ4v) is 7.77. The summed E-state index contributed by atoms with van der Waals surface area (Å²) < 4.78 is 12.6. The number of hydrogen-bond acceptors (Lipinski definition) is 3. The monoisotopic (exact) mass is 483 g/mol. The molecule has 4 atom stereocenters. The van der Waals surface area contributed by atoms with Crippen LogP contribution < -0.4 is 4.43 Å². The summed E-state index contributed by atoms with van der Waals surface area (Å²) in [6.07, 6.45) is 10.3. The zero-order valence-corrected chi connectivity index (χ0v) is 24.2. The topological polar surface area (TPSA) is 21.7 Å². The van der Waals surface area contributed by atoms with Crippen molar-refractivity contribution < 1.29 is 9.16 Å². The highest BCUT2D eigenvalue weighted by atomic mass is 28.4. The van der Waals surface area contributed by atoms with Gasteiger partial charge in [-0.15, -0.1) is 0 Å². The Balaban J connectivity index is 1.45. The van der Waals surface area contributed by atoms with Crippen LogP contribution in [0.4, 0.5) is 0 Å². The quantitative estimate of drug-likeness (QED) is 0.229. The molecule has 0 spiro atoms. The van der Waals surface area contributed by atoms with Gasteiger partial charge in [-0.2, -0.15) is 0 Å². The first-order valence-electron chi connectivity index (χ1n) is 13.7. The number of benzene rings is 1. The molecule has 0 radical (unpaired) electrons. The van der Waals surface area contributed by atoms with Gasteiger partial charge in [0.05, 0.1) is 13.2 Å². The molecule has 3 aliphatic carbocycles. The van der Waals surface area contributed by atoms with Crippen molar-refractivity contribution in [2.45, 2.75) is 90.3 Å². The van der Waals surface area contributed by atoms with Crippen molar-refractivity contribution in [3.05, 3.63) is 41.0 Å². The lowest BCUT2D eigenvalue weighted by atomic mass is 9.55. The van der Waals surface area contributed by atoms with Crippen LogP contribution >= 0.6 is 0 Å². The van der Waals surface area contributed by atoms with Crippen molar-refractivity contribution in [3.63, 3.8) is 0 Å². The minimum absolute atomic E-state index is 0.229. The standard InChI is InChI=1S/C30H49NO2Si/c1-29(2,3)34(7,8)33-24-11-13-25-22(21-24)9-12-27-26(25)15-17-30(4)23(10-14-28(27)30)16-19-32-20-18-31(5)6/h11,13,16,21,26-28H,9-10,12,14-15,17-20H2,1-8H3. The van der Waals surface area contributed by atoms with Crippen LogP contribution in [0.25, 0.3) is 0 Å². The summed E-state index contributed by atoms with van der Waals surface area (Å²) in [7, 11) is 2.41. The maximum Gasteiger partial charge on any atom is 0.250 e. The molecule has 1 aromatic rings. The van der Waals surface area contributed by atoms with Gasteiger partial charge >= 0.3 is 0 Å². The number of likely N-dealkylation sites (N-methyl/N-ethyl adjacent to an activating group) is 1. The summed E-state index contributed by atoms with van der Waals surface area (Å²) in [6, 6.07) is 7.10. The summed E-state index contributed by atoms with van der Waals surface area (Å²) in [6.45, 7) is 16.8. The normalized spacial score (nSPS) is 30.3. The molecule has 0 aliphatic heterocycles. The smallest absolute Gasteiger partial charge is 0.250 e. The highest BCUT2D eigenvalue weighted by Gasteiger charge is 2.52. The highest BCUT2D eigenvalue weighted by Crippen LogP contribution is 2.62. The molecule has 2 saturated carbocycles. The second-order valence-electron chi connectivity index (χ2n) is 13.2. The van der Waals surface area contributed by atoms with E-state index in [0.717, 1.165) is 43.3 Å². The third-order valence-corrected chi connectivity index (χ3v) is 14.2. The van der Waals surface area contributed by atoms with Crippen LogP contribution in [0.1, 0.15) is 76.8 Å². The molecule has 0 amide bonds. The van der Waals surface area contributed by atoms with Crippen molar-refractivity contribution in [3.8, 4) is 5.75 Å². The predicted molar refractivity (Wildman–Crippen MR) is 146 cm³/mol. The van der Waals surface area contributed by atoms with Crippen LogP contribution in [-0.4, -0.2) is 47.1 Å². The Labute approximate surface area is 210 Å². The van der Waals surface area contributed by atoms with Crippen molar-refractivity contribution in [2.24, 2.45) is 17.3 Å². The number of aryl methyl sites for hydroxylation is 1. The summed E-state index contributed by atoms with van der Waals surface area (Å²) in [5.74, 6) is 3.50. The molecular weight excluding hydrogens is 434 g/mol. The molecule has 4 rings (SSSR count). The van der Waals surface area contributed by atoms with E-state index < -0.39 is 8.32 Å². The van der Waals surface area contributed by atoms with Crippen LogP contribution in [0.2, 0.25) is 18.1 Å². The first-order valence-corrected chi connectivity index (χ1v) is 16.6. The number of ether oxygens (including phenoxy) is 1. The first kappa shape index (κ1) is 26.0. The fraction of sp³-hybridized carbons (Fsp3) is 0.733. The van der Waals surface area contributed by atoms with Gasteiger partial charge < -0.3 is 14.1 Å². The predicted octanol–water partition coefficient (Wildman–Crippen LogP) is 7.43. The van der Waals surface area contributed by atoms with Crippen molar-refractivity contribution in [1.29, 1.82) is 0 Å². The Hall–Kier alpha value is -1.10. The maximum atomic E-state index is 6.65. The van der Waals surface area contributed by atoms with Gasteiger partial charge in [0.1, 0.15) is 5.75 Å². The summed E-state index contributed by atoms with van der Waals surface area (Å²) in [5.41, 5.74) is 5.26. The zero-order valence-electron chi connectivity index (χ0n) is 23.2. The fourth-order valence-electron chi connectivity index (χ4n) is 6.74. The van der Waals surface area contributed by atoms with Crippen molar-refractivity contribution in [1.82, 2.24) is 4.90 Å². The molecule has 3 aliphatic rings. The Morgan fingerprint density at radius 2 is 1.88 bits per heavy atom. The SMILES string of the molecule is CN(C)CCOCC=C1CCC2C3CCc4cc(O[Si](C)(C)C(C)(C)C)ccc4C3CCC12C. The molecule has 0 bridgehead atoms. The Morgan fingerprint density at radius 1 is 1.12 bits per heavy atom. The zero-order chi connectivity index (χ0) is 24.7. The molecule has 4 heteroatoms. The molecule has 0 aromatic heterocycles. The van der Waals surface area contributed by atoms with Gasteiger partial charge in [0.2, 0.25) is 8.32 Å². The highest BCUT2D eigenvalue weighted by molar-refractivity contribution is 6.74. The number of nitrogens with zero attached hydrogens (tertiary/aromatic N) is 1.